The Labute approximate surface area is 262 Å². The Morgan fingerprint density at radius 1 is 0.929 bits per heavy atom. The number of sulfonamides is 1. The Kier molecular flexibility index (Phi) is 10.8. The van der Waals surface area contributed by atoms with E-state index in [0.717, 1.165) is 36.4 Å². The zero-order valence-corrected chi connectivity index (χ0v) is 26.6. The molecule has 1 N–H and O–H groups in total. The van der Waals surface area contributed by atoms with Crippen molar-refractivity contribution in [2.75, 3.05) is 10.8 Å². The fraction of sp³-hybridized carbons (Fsp3) is 0.355. The van der Waals surface area contributed by atoms with Crippen LogP contribution >= 0.6 is 34.8 Å². The summed E-state index contributed by atoms with van der Waals surface area (Å²) in [6, 6.07) is 16.9. The van der Waals surface area contributed by atoms with Gasteiger partial charge in [0.15, 0.2) is 0 Å². The van der Waals surface area contributed by atoms with Gasteiger partial charge in [0.05, 0.1) is 20.6 Å². The first-order valence-electron chi connectivity index (χ1n) is 13.8. The molecule has 4 rings (SSSR count). The third kappa shape index (κ3) is 7.78. The van der Waals surface area contributed by atoms with Crippen LogP contribution in [-0.2, 0) is 26.2 Å². The monoisotopic (exact) mass is 649 g/mol. The molecule has 1 saturated carbocycles. The van der Waals surface area contributed by atoms with E-state index in [0.29, 0.717) is 31.9 Å². The van der Waals surface area contributed by atoms with Crippen molar-refractivity contribution in [2.45, 2.75) is 69.5 Å². The van der Waals surface area contributed by atoms with Crippen LogP contribution in [0, 0.1) is 6.92 Å². The Morgan fingerprint density at radius 3 is 2.26 bits per heavy atom. The molecule has 3 aromatic rings. The molecule has 7 nitrogen and oxygen atoms in total. The van der Waals surface area contributed by atoms with Crippen LogP contribution in [0.5, 0.6) is 0 Å². The summed E-state index contributed by atoms with van der Waals surface area (Å²) < 4.78 is 29.0. The number of rotatable bonds is 10. The number of nitrogens with one attached hydrogen (secondary N) is 1. The molecule has 0 aliphatic heterocycles. The van der Waals surface area contributed by atoms with Crippen molar-refractivity contribution in [1.82, 2.24) is 10.2 Å². The molecule has 3 aromatic carbocycles. The van der Waals surface area contributed by atoms with Crippen LogP contribution in [0.25, 0.3) is 0 Å². The van der Waals surface area contributed by atoms with Gasteiger partial charge >= 0.3 is 0 Å². The maximum absolute atomic E-state index is 14.1. The van der Waals surface area contributed by atoms with Crippen LogP contribution in [0.1, 0.15) is 50.2 Å². The number of carbonyl (C=O) groups is 2. The number of aryl methyl sites for hydroxylation is 1. The number of amides is 2. The van der Waals surface area contributed by atoms with Crippen molar-refractivity contribution < 1.29 is 18.0 Å². The lowest BCUT2D eigenvalue weighted by molar-refractivity contribution is -0.139. The average Bonchev–Trinajstić information content (AvgIpc) is 2.97. The molecule has 0 unspecified atom stereocenters. The van der Waals surface area contributed by atoms with Crippen LogP contribution in [0.4, 0.5) is 5.69 Å². The van der Waals surface area contributed by atoms with Gasteiger partial charge < -0.3 is 10.2 Å². The van der Waals surface area contributed by atoms with E-state index in [9.17, 15) is 18.0 Å². The maximum Gasteiger partial charge on any atom is 0.264 e. The number of halogens is 3. The molecular formula is C31H34Cl3N3O4S. The second kappa shape index (κ2) is 14.1. The summed E-state index contributed by atoms with van der Waals surface area (Å²) >= 11 is 18.5. The highest BCUT2D eigenvalue weighted by Gasteiger charge is 2.33. The summed E-state index contributed by atoms with van der Waals surface area (Å²) in [7, 11) is -4.17. The summed E-state index contributed by atoms with van der Waals surface area (Å²) in [5.41, 5.74) is 1.54. The molecule has 0 radical (unpaired) electrons. The quantitative estimate of drug-likeness (QED) is 0.256. The van der Waals surface area contributed by atoms with Crippen LogP contribution in [0.2, 0.25) is 15.1 Å². The third-order valence-corrected chi connectivity index (χ3v) is 10.2. The SMILES string of the molecule is Cc1cc(Cl)ccc1N(CC(=O)N(Cc1ccc(Cl)c(Cl)c1)[C@@H](C)C(=O)NC1CCCCC1)S(=O)(=O)c1ccccc1. The predicted molar refractivity (Wildman–Crippen MR) is 169 cm³/mol. The molecule has 1 fully saturated rings. The number of nitrogens with zero attached hydrogens (tertiary/aromatic N) is 2. The van der Waals surface area contributed by atoms with Crippen LogP contribution in [0.15, 0.2) is 71.6 Å². The highest BCUT2D eigenvalue weighted by molar-refractivity contribution is 7.92. The van der Waals surface area contributed by atoms with Gasteiger partial charge in [-0.25, -0.2) is 8.42 Å². The minimum Gasteiger partial charge on any atom is -0.352 e. The summed E-state index contributed by atoms with van der Waals surface area (Å²) in [6.45, 7) is 2.86. The predicted octanol–water partition coefficient (Wildman–Crippen LogP) is 7.02. The van der Waals surface area contributed by atoms with Gasteiger partial charge in [0.25, 0.3) is 10.0 Å². The van der Waals surface area contributed by atoms with E-state index >= 15 is 0 Å². The Hall–Kier alpha value is -2.78. The molecule has 224 valence electrons. The lowest BCUT2D eigenvalue weighted by Crippen LogP contribution is -2.53. The number of carbonyl (C=O) groups excluding carboxylic acids is 2. The molecule has 1 aliphatic carbocycles. The fourth-order valence-corrected chi connectivity index (χ4v) is 7.16. The zero-order chi connectivity index (χ0) is 30.4. The first kappa shape index (κ1) is 32.1. The molecule has 0 spiro atoms. The van der Waals surface area contributed by atoms with Gasteiger partial charge in [-0.15, -0.1) is 0 Å². The highest BCUT2D eigenvalue weighted by Crippen LogP contribution is 2.30. The van der Waals surface area contributed by atoms with E-state index < -0.39 is 28.5 Å². The first-order chi connectivity index (χ1) is 20.0. The Balaban J connectivity index is 1.70. The molecule has 11 heteroatoms. The second-order valence-corrected chi connectivity index (χ2v) is 13.7. The zero-order valence-electron chi connectivity index (χ0n) is 23.5. The van der Waals surface area contributed by atoms with Gasteiger partial charge in [0.2, 0.25) is 11.8 Å². The minimum absolute atomic E-state index is 0.0216. The van der Waals surface area contributed by atoms with E-state index in [2.05, 4.69) is 5.32 Å². The van der Waals surface area contributed by atoms with E-state index in [1.165, 1.54) is 17.0 Å². The van der Waals surface area contributed by atoms with Crippen LogP contribution < -0.4 is 9.62 Å². The lowest BCUT2D eigenvalue weighted by atomic mass is 9.95. The largest absolute Gasteiger partial charge is 0.352 e. The summed E-state index contributed by atoms with van der Waals surface area (Å²) in [4.78, 5) is 29.0. The molecule has 0 heterocycles. The average molecular weight is 651 g/mol. The second-order valence-electron chi connectivity index (χ2n) is 10.5. The van der Waals surface area contributed by atoms with Gasteiger partial charge in [0.1, 0.15) is 12.6 Å². The number of hydrogen-bond donors (Lipinski definition) is 1. The normalized spacial score (nSPS) is 14.7. The van der Waals surface area contributed by atoms with Crippen LogP contribution in [-0.4, -0.2) is 43.8 Å². The molecule has 0 aromatic heterocycles. The third-order valence-electron chi connectivity index (χ3n) is 7.49. The van der Waals surface area contributed by atoms with Crippen molar-refractivity contribution >= 4 is 62.3 Å². The first-order valence-corrected chi connectivity index (χ1v) is 16.4. The standard InChI is InChI=1S/C31H34Cl3N3O4S/c1-21-17-24(32)14-16-29(21)37(42(40,41)26-11-7-4-8-12-26)20-30(38)36(19-23-13-15-27(33)28(34)18-23)22(2)31(39)35-25-9-5-3-6-10-25/h4,7-8,11-18,22,25H,3,5-6,9-10,19-20H2,1-2H3,(H,35,39)/t22-/m0/s1. The number of benzene rings is 3. The molecule has 42 heavy (non-hydrogen) atoms. The minimum atomic E-state index is -4.17. The van der Waals surface area contributed by atoms with E-state index in [4.69, 9.17) is 34.8 Å². The Bertz CT molecular complexity index is 1530. The van der Waals surface area contributed by atoms with Crippen molar-refractivity contribution in [1.29, 1.82) is 0 Å². The van der Waals surface area contributed by atoms with Crippen molar-refractivity contribution in [3.8, 4) is 0 Å². The molecule has 0 bridgehead atoms. The van der Waals surface area contributed by atoms with Crippen LogP contribution in [0.3, 0.4) is 0 Å². The van der Waals surface area contributed by atoms with E-state index in [1.807, 2.05) is 0 Å². The molecule has 1 atom stereocenters. The van der Waals surface area contributed by atoms with Gasteiger partial charge in [-0.3, -0.25) is 13.9 Å². The van der Waals surface area contributed by atoms with Gasteiger partial charge in [0, 0.05) is 17.6 Å². The number of anilines is 1. The van der Waals surface area contributed by atoms with Crippen molar-refractivity contribution in [3.05, 3.63) is 92.9 Å². The lowest BCUT2D eigenvalue weighted by Gasteiger charge is -2.33. The van der Waals surface area contributed by atoms with Gasteiger partial charge in [-0.05, 0) is 80.3 Å². The molecule has 0 saturated heterocycles. The smallest absolute Gasteiger partial charge is 0.264 e. The van der Waals surface area contributed by atoms with Gasteiger partial charge in [-0.1, -0.05) is 78.3 Å². The number of hydrogen-bond acceptors (Lipinski definition) is 4. The molecule has 1 aliphatic rings. The Morgan fingerprint density at radius 2 is 1.62 bits per heavy atom. The molecular weight excluding hydrogens is 617 g/mol. The highest BCUT2D eigenvalue weighted by atomic mass is 35.5. The van der Waals surface area contributed by atoms with E-state index in [-0.39, 0.29) is 23.4 Å². The van der Waals surface area contributed by atoms with Gasteiger partial charge in [-0.2, -0.15) is 0 Å². The summed E-state index contributed by atoms with van der Waals surface area (Å²) in [5, 5.41) is 4.20. The fourth-order valence-electron chi connectivity index (χ4n) is 5.12. The topological polar surface area (TPSA) is 86.8 Å². The molecule has 2 amide bonds. The van der Waals surface area contributed by atoms with Crippen molar-refractivity contribution in [2.24, 2.45) is 0 Å². The maximum atomic E-state index is 14.1. The van der Waals surface area contributed by atoms with Crippen molar-refractivity contribution in [3.63, 3.8) is 0 Å². The van der Waals surface area contributed by atoms with E-state index in [1.54, 1.807) is 68.4 Å². The summed E-state index contributed by atoms with van der Waals surface area (Å²) in [6.07, 6.45) is 4.99. The summed E-state index contributed by atoms with van der Waals surface area (Å²) in [5.74, 6) is -0.850.